The fraction of sp³-hybridized carbons (Fsp3) is 0.0769. The van der Waals surface area contributed by atoms with Crippen LogP contribution in [0.4, 0.5) is 5.69 Å². The molecule has 0 bridgehead atoms. The Kier molecular flexibility index (Phi) is 3.69. The SMILES string of the molecule is Nc1cc(-c2ccc(CO)cc2)nc(C(=O)O)c1Cl. The van der Waals surface area contributed by atoms with E-state index in [2.05, 4.69) is 4.98 Å². The average molecular weight is 279 g/mol. The molecule has 0 aliphatic carbocycles. The summed E-state index contributed by atoms with van der Waals surface area (Å²) in [6.45, 7) is -0.0587. The summed E-state index contributed by atoms with van der Waals surface area (Å²) in [4.78, 5) is 15.0. The number of hydrogen-bond acceptors (Lipinski definition) is 4. The molecule has 2 aromatic rings. The van der Waals surface area contributed by atoms with Gasteiger partial charge in [0, 0.05) is 5.56 Å². The molecule has 0 radical (unpaired) electrons. The van der Waals surface area contributed by atoms with E-state index in [9.17, 15) is 4.79 Å². The summed E-state index contributed by atoms with van der Waals surface area (Å²) in [5.74, 6) is -1.23. The molecular formula is C13H11ClN2O3. The lowest BCUT2D eigenvalue weighted by Gasteiger charge is -2.07. The third-order valence-electron chi connectivity index (χ3n) is 2.62. The van der Waals surface area contributed by atoms with Gasteiger partial charge in [-0.1, -0.05) is 35.9 Å². The summed E-state index contributed by atoms with van der Waals surface area (Å²) >= 11 is 5.79. The van der Waals surface area contributed by atoms with E-state index in [1.54, 1.807) is 24.3 Å². The van der Waals surface area contributed by atoms with Crippen LogP contribution in [-0.2, 0) is 6.61 Å². The molecule has 0 fully saturated rings. The zero-order chi connectivity index (χ0) is 14.0. The van der Waals surface area contributed by atoms with Crippen molar-refractivity contribution in [3.05, 3.63) is 46.6 Å². The zero-order valence-electron chi connectivity index (χ0n) is 9.80. The van der Waals surface area contributed by atoms with Crippen LogP contribution in [0.15, 0.2) is 30.3 Å². The second kappa shape index (κ2) is 5.26. The average Bonchev–Trinajstić information content (AvgIpc) is 2.41. The topological polar surface area (TPSA) is 96.4 Å². The number of pyridine rings is 1. The van der Waals surface area contributed by atoms with Crippen molar-refractivity contribution in [3.8, 4) is 11.3 Å². The molecular weight excluding hydrogens is 268 g/mol. The minimum atomic E-state index is -1.23. The fourth-order valence-corrected chi connectivity index (χ4v) is 1.80. The molecule has 0 aliphatic heterocycles. The highest BCUT2D eigenvalue weighted by molar-refractivity contribution is 6.35. The Labute approximate surface area is 114 Å². The number of nitrogens with zero attached hydrogens (tertiary/aromatic N) is 1. The number of nitrogens with two attached hydrogens (primary N) is 1. The fourth-order valence-electron chi connectivity index (χ4n) is 1.62. The molecule has 0 unspecified atom stereocenters. The predicted octanol–water partition coefficient (Wildman–Crippen LogP) is 2.17. The van der Waals surface area contributed by atoms with Gasteiger partial charge in [0.25, 0.3) is 0 Å². The van der Waals surface area contributed by atoms with Crippen molar-refractivity contribution in [2.24, 2.45) is 0 Å². The van der Waals surface area contributed by atoms with E-state index in [0.717, 1.165) is 5.56 Å². The molecule has 0 aliphatic rings. The van der Waals surface area contributed by atoms with Crippen LogP contribution in [0.5, 0.6) is 0 Å². The summed E-state index contributed by atoms with van der Waals surface area (Å²) < 4.78 is 0. The molecule has 0 atom stereocenters. The van der Waals surface area contributed by atoms with Gasteiger partial charge in [-0.25, -0.2) is 9.78 Å². The number of nitrogen functional groups attached to an aromatic ring is 1. The minimum Gasteiger partial charge on any atom is -0.476 e. The number of anilines is 1. The van der Waals surface area contributed by atoms with E-state index < -0.39 is 5.97 Å². The molecule has 5 nitrogen and oxygen atoms in total. The highest BCUT2D eigenvalue weighted by Crippen LogP contribution is 2.28. The van der Waals surface area contributed by atoms with Crippen LogP contribution in [-0.4, -0.2) is 21.2 Å². The van der Waals surface area contributed by atoms with Gasteiger partial charge in [-0.3, -0.25) is 0 Å². The maximum absolute atomic E-state index is 11.0. The standard InChI is InChI=1S/C13H11ClN2O3/c14-11-9(15)5-10(16-12(11)13(18)19)8-3-1-7(6-17)2-4-8/h1-5,17H,6H2,(H2,15,16)(H,18,19). The molecule has 0 saturated heterocycles. The number of carboxylic acid groups (broad SMARTS) is 1. The van der Waals surface area contributed by atoms with Crippen LogP contribution < -0.4 is 5.73 Å². The molecule has 4 N–H and O–H groups in total. The molecule has 6 heteroatoms. The third kappa shape index (κ3) is 2.67. The van der Waals surface area contributed by atoms with Crippen LogP contribution in [0.25, 0.3) is 11.3 Å². The van der Waals surface area contributed by atoms with Crippen molar-refractivity contribution in [3.63, 3.8) is 0 Å². The van der Waals surface area contributed by atoms with Crippen molar-refractivity contribution in [2.75, 3.05) is 5.73 Å². The molecule has 2 rings (SSSR count). The third-order valence-corrected chi connectivity index (χ3v) is 3.02. The van der Waals surface area contributed by atoms with E-state index in [0.29, 0.717) is 11.3 Å². The maximum Gasteiger partial charge on any atom is 0.356 e. The summed E-state index contributed by atoms with van der Waals surface area (Å²) in [7, 11) is 0. The van der Waals surface area contributed by atoms with E-state index >= 15 is 0 Å². The van der Waals surface area contributed by atoms with E-state index in [4.69, 9.17) is 27.5 Å². The van der Waals surface area contributed by atoms with Crippen molar-refractivity contribution in [1.82, 2.24) is 4.98 Å². The lowest BCUT2D eigenvalue weighted by atomic mass is 10.1. The van der Waals surface area contributed by atoms with Gasteiger partial charge >= 0.3 is 5.97 Å². The molecule has 0 spiro atoms. The van der Waals surface area contributed by atoms with E-state index in [1.165, 1.54) is 6.07 Å². The van der Waals surface area contributed by atoms with Gasteiger partial charge in [0.05, 0.1) is 23.0 Å². The number of aliphatic hydroxyl groups excluding tert-OH is 1. The Balaban J connectivity index is 2.52. The maximum atomic E-state index is 11.0. The van der Waals surface area contributed by atoms with Gasteiger partial charge in [-0.05, 0) is 11.6 Å². The molecule has 0 amide bonds. The van der Waals surface area contributed by atoms with Crippen LogP contribution in [0.3, 0.4) is 0 Å². The van der Waals surface area contributed by atoms with Crippen LogP contribution >= 0.6 is 11.6 Å². The van der Waals surface area contributed by atoms with E-state index in [-0.39, 0.29) is 23.0 Å². The molecule has 1 aromatic carbocycles. The Bertz CT molecular complexity index is 627. The first-order valence-corrected chi connectivity index (χ1v) is 5.80. The number of aromatic nitrogens is 1. The second-order valence-electron chi connectivity index (χ2n) is 3.92. The smallest absolute Gasteiger partial charge is 0.356 e. The first-order valence-electron chi connectivity index (χ1n) is 5.42. The summed E-state index contributed by atoms with van der Waals surface area (Å²) in [5, 5.41) is 17.9. The van der Waals surface area contributed by atoms with Crippen molar-refractivity contribution in [1.29, 1.82) is 0 Å². The Morgan fingerprint density at radius 3 is 2.47 bits per heavy atom. The van der Waals surface area contributed by atoms with Gasteiger partial charge in [-0.15, -0.1) is 0 Å². The van der Waals surface area contributed by atoms with E-state index in [1.807, 2.05) is 0 Å². The number of carboxylic acids is 1. The summed E-state index contributed by atoms with van der Waals surface area (Å²) in [5.41, 5.74) is 7.44. The second-order valence-corrected chi connectivity index (χ2v) is 4.30. The van der Waals surface area contributed by atoms with Crippen LogP contribution in [0.2, 0.25) is 5.02 Å². The zero-order valence-corrected chi connectivity index (χ0v) is 10.6. The number of hydrogen-bond donors (Lipinski definition) is 3. The van der Waals surface area contributed by atoms with Gasteiger partial charge in [0.1, 0.15) is 0 Å². The lowest BCUT2D eigenvalue weighted by molar-refractivity contribution is 0.0691. The molecule has 98 valence electrons. The van der Waals surface area contributed by atoms with Crippen LogP contribution in [0.1, 0.15) is 16.1 Å². The van der Waals surface area contributed by atoms with Crippen molar-refractivity contribution in [2.45, 2.75) is 6.61 Å². The first kappa shape index (κ1) is 13.3. The quantitative estimate of drug-likeness (QED) is 0.799. The number of halogens is 1. The number of benzene rings is 1. The number of aliphatic hydroxyl groups is 1. The largest absolute Gasteiger partial charge is 0.476 e. The summed E-state index contributed by atoms with van der Waals surface area (Å²) in [6.07, 6.45) is 0. The highest BCUT2D eigenvalue weighted by atomic mass is 35.5. The number of carbonyl (C=O) groups is 1. The minimum absolute atomic E-state index is 0.0587. The lowest BCUT2D eigenvalue weighted by Crippen LogP contribution is -2.05. The molecule has 0 saturated carbocycles. The van der Waals surface area contributed by atoms with Gasteiger partial charge in [-0.2, -0.15) is 0 Å². The monoisotopic (exact) mass is 278 g/mol. The normalized spacial score (nSPS) is 10.4. The number of rotatable bonds is 3. The highest BCUT2D eigenvalue weighted by Gasteiger charge is 2.15. The van der Waals surface area contributed by atoms with Crippen molar-refractivity contribution >= 4 is 23.3 Å². The predicted molar refractivity (Wildman–Crippen MR) is 72.0 cm³/mol. The van der Waals surface area contributed by atoms with Crippen LogP contribution in [0, 0.1) is 0 Å². The summed E-state index contributed by atoms with van der Waals surface area (Å²) in [6, 6.07) is 8.42. The first-order chi connectivity index (χ1) is 9.02. The molecule has 1 heterocycles. The Morgan fingerprint density at radius 1 is 1.32 bits per heavy atom. The van der Waals surface area contributed by atoms with Crippen molar-refractivity contribution < 1.29 is 15.0 Å². The number of aromatic carboxylic acids is 1. The molecule has 19 heavy (non-hydrogen) atoms. The van der Waals surface area contributed by atoms with Gasteiger partial charge in [0.2, 0.25) is 0 Å². The van der Waals surface area contributed by atoms with Gasteiger partial charge in [0.15, 0.2) is 5.69 Å². The van der Waals surface area contributed by atoms with Gasteiger partial charge < -0.3 is 15.9 Å². The Morgan fingerprint density at radius 2 is 1.95 bits per heavy atom. The Hall–Kier alpha value is -2.11. The molecule has 1 aromatic heterocycles.